The van der Waals surface area contributed by atoms with Gasteiger partial charge in [0.1, 0.15) is 18.5 Å². The highest BCUT2D eigenvalue weighted by atomic mass is 16.5. The van der Waals surface area contributed by atoms with Gasteiger partial charge < -0.3 is 14.7 Å². The van der Waals surface area contributed by atoms with Crippen LogP contribution in [-0.4, -0.2) is 52.2 Å². The molecule has 6 nitrogen and oxygen atoms in total. The van der Waals surface area contributed by atoms with Crippen LogP contribution in [0, 0.1) is 6.92 Å². The first-order valence-corrected chi connectivity index (χ1v) is 5.50. The van der Waals surface area contributed by atoms with Crippen molar-refractivity contribution in [3.63, 3.8) is 0 Å². The molecular formula is C11H15N3O3. The molecule has 1 N–H and O–H groups in total. The Kier molecular flexibility index (Phi) is 3.65. The van der Waals surface area contributed by atoms with Gasteiger partial charge in [-0.1, -0.05) is 0 Å². The number of aliphatic hydroxyl groups excluding tert-OH is 1. The van der Waals surface area contributed by atoms with Gasteiger partial charge in [-0.3, -0.25) is 4.79 Å². The van der Waals surface area contributed by atoms with E-state index in [1.807, 2.05) is 6.92 Å². The summed E-state index contributed by atoms with van der Waals surface area (Å²) in [5, 5.41) is 8.83. The quantitative estimate of drug-likeness (QED) is 0.762. The molecular weight excluding hydrogens is 222 g/mol. The van der Waals surface area contributed by atoms with Crippen LogP contribution in [0.2, 0.25) is 0 Å². The van der Waals surface area contributed by atoms with Crippen LogP contribution >= 0.6 is 0 Å². The lowest BCUT2D eigenvalue weighted by Gasteiger charge is -2.32. The fourth-order valence-corrected chi connectivity index (χ4v) is 1.81. The summed E-state index contributed by atoms with van der Waals surface area (Å²) in [4.78, 5) is 21.3. The first kappa shape index (κ1) is 11.9. The third kappa shape index (κ3) is 2.78. The molecule has 1 aromatic heterocycles. The van der Waals surface area contributed by atoms with Gasteiger partial charge in [-0.2, -0.15) is 0 Å². The van der Waals surface area contributed by atoms with Crippen LogP contribution in [0.15, 0.2) is 12.3 Å². The lowest BCUT2D eigenvalue weighted by molar-refractivity contribution is -0.142. The number of morpholine rings is 1. The average molecular weight is 237 g/mol. The predicted molar refractivity (Wildman–Crippen MR) is 59.1 cm³/mol. The van der Waals surface area contributed by atoms with Gasteiger partial charge >= 0.3 is 0 Å². The van der Waals surface area contributed by atoms with Gasteiger partial charge in [0, 0.05) is 12.7 Å². The Morgan fingerprint density at radius 2 is 2.53 bits per heavy atom. The number of rotatable bonds is 2. The molecule has 0 aromatic carbocycles. The maximum absolute atomic E-state index is 11.4. The highest BCUT2D eigenvalue weighted by Crippen LogP contribution is 2.20. The van der Waals surface area contributed by atoms with E-state index in [2.05, 4.69) is 9.97 Å². The monoisotopic (exact) mass is 237 g/mol. The second-order valence-corrected chi connectivity index (χ2v) is 3.89. The van der Waals surface area contributed by atoms with E-state index in [1.54, 1.807) is 17.2 Å². The third-order valence-electron chi connectivity index (χ3n) is 2.68. The molecule has 0 spiro atoms. The smallest absolute Gasteiger partial charge is 0.248 e. The molecule has 1 saturated heterocycles. The number of amides is 1. The summed E-state index contributed by atoms with van der Waals surface area (Å²) < 4.78 is 5.58. The van der Waals surface area contributed by atoms with Gasteiger partial charge in [0.05, 0.1) is 18.8 Å². The summed E-state index contributed by atoms with van der Waals surface area (Å²) in [6.45, 7) is 2.74. The van der Waals surface area contributed by atoms with E-state index < -0.39 is 6.61 Å². The minimum Gasteiger partial charge on any atom is -0.387 e. The third-order valence-corrected chi connectivity index (χ3v) is 2.68. The number of aryl methyl sites for hydroxylation is 1. The van der Waals surface area contributed by atoms with Crippen LogP contribution in [0.25, 0.3) is 0 Å². The van der Waals surface area contributed by atoms with Gasteiger partial charge in [-0.15, -0.1) is 0 Å². The fraction of sp³-hybridized carbons (Fsp3) is 0.545. The molecule has 1 unspecified atom stereocenters. The second kappa shape index (κ2) is 5.20. The van der Waals surface area contributed by atoms with Gasteiger partial charge in [-0.25, -0.2) is 9.97 Å². The molecule has 2 rings (SSSR count). The van der Waals surface area contributed by atoms with E-state index in [0.29, 0.717) is 25.5 Å². The Balaban J connectivity index is 2.09. The van der Waals surface area contributed by atoms with Crippen LogP contribution < -0.4 is 0 Å². The highest BCUT2D eigenvalue weighted by Gasteiger charge is 2.25. The Bertz CT molecular complexity index is 411. The van der Waals surface area contributed by atoms with Crippen molar-refractivity contribution < 1.29 is 14.6 Å². The maximum atomic E-state index is 11.4. The van der Waals surface area contributed by atoms with Crippen LogP contribution in [-0.2, 0) is 9.53 Å². The van der Waals surface area contributed by atoms with Crippen LogP contribution in [0.4, 0.5) is 0 Å². The lowest BCUT2D eigenvalue weighted by atomic mass is 10.2. The molecule has 0 saturated carbocycles. The summed E-state index contributed by atoms with van der Waals surface area (Å²) >= 11 is 0. The number of ether oxygens (including phenoxy) is 1. The minimum atomic E-state index is -0.463. The molecule has 1 amide bonds. The van der Waals surface area contributed by atoms with E-state index in [9.17, 15) is 4.79 Å². The molecule has 1 fully saturated rings. The fourth-order valence-electron chi connectivity index (χ4n) is 1.81. The molecule has 1 aliphatic heterocycles. The zero-order valence-electron chi connectivity index (χ0n) is 9.67. The molecule has 1 aliphatic rings. The average Bonchev–Trinajstić information content (AvgIpc) is 2.38. The largest absolute Gasteiger partial charge is 0.387 e. The van der Waals surface area contributed by atoms with Crippen molar-refractivity contribution in [2.45, 2.75) is 13.0 Å². The summed E-state index contributed by atoms with van der Waals surface area (Å²) in [6, 6.07) is 1.78. The van der Waals surface area contributed by atoms with Gasteiger partial charge in [0.25, 0.3) is 0 Å². The first-order chi connectivity index (χ1) is 8.20. The number of hydrogen-bond donors (Lipinski definition) is 1. The van der Waals surface area contributed by atoms with Crippen LogP contribution in [0.1, 0.15) is 17.6 Å². The molecule has 1 atom stereocenters. The van der Waals surface area contributed by atoms with Crippen molar-refractivity contribution in [2.24, 2.45) is 0 Å². The van der Waals surface area contributed by atoms with E-state index >= 15 is 0 Å². The van der Waals surface area contributed by atoms with E-state index in [0.717, 1.165) is 5.69 Å². The SMILES string of the molecule is Cc1nccc(C2CN(C(=O)CO)CCO2)n1. The molecule has 0 radical (unpaired) electrons. The van der Waals surface area contributed by atoms with E-state index in [1.165, 1.54) is 0 Å². The number of nitrogens with zero attached hydrogens (tertiary/aromatic N) is 3. The number of aliphatic hydroxyl groups is 1. The summed E-state index contributed by atoms with van der Waals surface area (Å²) in [5.74, 6) is 0.404. The number of carbonyl (C=O) groups is 1. The number of aromatic nitrogens is 2. The van der Waals surface area contributed by atoms with Gasteiger partial charge in [0.15, 0.2) is 0 Å². The molecule has 0 bridgehead atoms. The normalized spacial score (nSPS) is 20.4. The highest BCUT2D eigenvalue weighted by molar-refractivity contribution is 5.77. The molecule has 6 heteroatoms. The topological polar surface area (TPSA) is 75.6 Å². The molecule has 0 aliphatic carbocycles. The number of hydrogen-bond acceptors (Lipinski definition) is 5. The van der Waals surface area contributed by atoms with Crippen molar-refractivity contribution >= 4 is 5.91 Å². The number of carbonyl (C=O) groups excluding carboxylic acids is 1. The zero-order valence-corrected chi connectivity index (χ0v) is 9.67. The zero-order chi connectivity index (χ0) is 12.3. The molecule has 17 heavy (non-hydrogen) atoms. The Labute approximate surface area is 99.2 Å². The minimum absolute atomic E-state index is 0.235. The predicted octanol–water partition coefficient (Wildman–Crippen LogP) is -0.323. The Hall–Kier alpha value is -1.53. The van der Waals surface area contributed by atoms with Crippen molar-refractivity contribution in [2.75, 3.05) is 26.3 Å². The first-order valence-electron chi connectivity index (χ1n) is 5.50. The van der Waals surface area contributed by atoms with Gasteiger partial charge in [0.2, 0.25) is 5.91 Å². The summed E-state index contributed by atoms with van der Waals surface area (Å²) in [7, 11) is 0. The van der Waals surface area contributed by atoms with Gasteiger partial charge in [-0.05, 0) is 13.0 Å². The summed E-state index contributed by atoms with van der Waals surface area (Å²) in [5.41, 5.74) is 0.771. The maximum Gasteiger partial charge on any atom is 0.248 e. The van der Waals surface area contributed by atoms with Crippen LogP contribution in [0.3, 0.4) is 0 Å². The Morgan fingerprint density at radius 3 is 3.24 bits per heavy atom. The van der Waals surface area contributed by atoms with Crippen molar-refractivity contribution in [3.8, 4) is 0 Å². The molecule has 92 valence electrons. The second-order valence-electron chi connectivity index (χ2n) is 3.89. The lowest BCUT2D eigenvalue weighted by Crippen LogP contribution is -2.43. The van der Waals surface area contributed by atoms with Crippen LogP contribution in [0.5, 0.6) is 0 Å². The van der Waals surface area contributed by atoms with Crippen molar-refractivity contribution in [3.05, 3.63) is 23.8 Å². The Morgan fingerprint density at radius 1 is 1.71 bits per heavy atom. The molecule has 2 heterocycles. The van der Waals surface area contributed by atoms with Crippen molar-refractivity contribution in [1.29, 1.82) is 0 Å². The van der Waals surface area contributed by atoms with E-state index in [4.69, 9.17) is 9.84 Å². The summed E-state index contributed by atoms with van der Waals surface area (Å²) in [6.07, 6.45) is 1.44. The molecule has 1 aromatic rings. The standard InChI is InChI=1S/C11H15N3O3/c1-8-12-3-2-9(13-8)10-6-14(4-5-17-10)11(16)7-15/h2-3,10,15H,4-7H2,1H3. The van der Waals surface area contributed by atoms with Crippen molar-refractivity contribution in [1.82, 2.24) is 14.9 Å². The van der Waals surface area contributed by atoms with E-state index in [-0.39, 0.29) is 12.0 Å².